The maximum absolute atomic E-state index is 13.9. The van der Waals surface area contributed by atoms with Crippen LogP contribution in [0.5, 0.6) is 11.5 Å². The Morgan fingerprint density at radius 2 is 1.59 bits per heavy atom. The summed E-state index contributed by atoms with van der Waals surface area (Å²) in [6, 6.07) is 13.2. The number of aromatic carboxylic acids is 1. The fourth-order valence-electron chi connectivity index (χ4n) is 6.91. The molecule has 2 aromatic carbocycles. The number of rotatable bonds is 10. The van der Waals surface area contributed by atoms with Crippen molar-refractivity contribution in [2.45, 2.75) is 89.4 Å². The number of nitrogens with zero attached hydrogens (tertiary/aromatic N) is 2. The summed E-state index contributed by atoms with van der Waals surface area (Å²) in [7, 11) is 0. The van der Waals surface area contributed by atoms with Crippen molar-refractivity contribution in [3.8, 4) is 11.5 Å². The van der Waals surface area contributed by atoms with E-state index in [2.05, 4.69) is 24.1 Å². The third kappa shape index (κ3) is 7.38. The van der Waals surface area contributed by atoms with Crippen LogP contribution in [0.25, 0.3) is 0 Å². The van der Waals surface area contributed by atoms with Crippen LogP contribution in [0.15, 0.2) is 48.5 Å². The number of ether oxygens (including phenoxy) is 1. The van der Waals surface area contributed by atoms with Gasteiger partial charge in [0.15, 0.2) is 0 Å². The maximum atomic E-state index is 13.9. The fourth-order valence-corrected chi connectivity index (χ4v) is 6.91. The van der Waals surface area contributed by atoms with Crippen molar-refractivity contribution in [3.05, 3.63) is 59.7 Å². The number of aliphatic hydroxyl groups excluding tert-OH is 1. The van der Waals surface area contributed by atoms with E-state index in [1.807, 2.05) is 29.2 Å². The molecule has 0 aromatic heterocycles. The molecule has 3 fully saturated rings. The number of hydrogen-bond acceptors (Lipinski definition) is 6. The Balaban J connectivity index is 0.00000442. The average molecular weight is 628 g/mol. The van der Waals surface area contributed by atoms with Gasteiger partial charge in [0.2, 0.25) is 11.8 Å². The average Bonchev–Trinajstić information content (AvgIpc) is 3.01. The van der Waals surface area contributed by atoms with Crippen molar-refractivity contribution in [3.63, 3.8) is 0 Å². The number of piperazine rings is 1. The quantitative estimate of drug-likeness (QED) is 0.329. The van der Waals surface area contributed by atoms with E-state index in [4.69, 9.17) is 9.84 Å². The van der Waals surface area contributed by atoms with Crippen LogP contribution < -0.4 is 10.1 Å². The summed E-state index contributed by atoms with van der Waals surface area (Å²) >= 11 is 0. The molecule has 1 spiro atoms. The van der Waals surface area contributed by atoms with Crippen LogP contribution in [0.2, 0.25) is 0 Å². The lowest BCUT2D eigenvalue weighted by atomic mass is 9.76. The smallest absolute Gasteiger partial charge is 0.335 e. The molecule has 10 heteroatoms. The molecule has 2 aromatic rings. The zero-order valence-electron chi connectivity index (χ0n) is 25.7. The third-order valence-corrected chi connectivity index (χ3v) is 9.73. The van der Waals surface area contributed by atoms with Gasteiger partial charge in [-0.05, 0) is 85.9 Å². The summed E-state index contributed by atoms with van der Waals surface area (Å²) in [5.74, 6) is 0.698. The van der Waals surface area contributed by atoms with Crippen LogP contribution in [0.3, 0.4) is 0 Å². The molecule has 2 saturated heterocycles. The van der Waals surface area contributed by atoms with E-state index in [1.54, 1.807) is 12.1 Å². The van der Waals surface area contributed by atoms with E-state index in [9.17, 15) is 19.5 Å². The molecule has 1 saturated carbocycles. The van der Waals surface area contributed by atoms with Gasteiger partial charge in [-0.1, -0.05) is 45.2 Å². The number of unbranched alkanes of at least 4 members (excludes halogenated alkanes) is 1. The first kappa shape index (κ1) is 33.7. The first-order valence-corrected chi connectivity index (χ1v) is 15.8. The van der Waals surface area contributed by atoms with Crippen LogP contribution in [0.1, 0.15) is 81.1 Å². The minimum absolute atomic E-state index is 0. The van der Waals surface area contributed by atoms with Gasteiger partial charge in [-0.15, -0.1) is 12.4 Å². The summed E-state index contributed by atoms with van der Waals surface area (Å²) in [6.45, 7) is 6.94. The lowest BCUT2D eigenvalue weighted by Gasteiger charge is -2.52. The Labute approximate surface area is 266 Å². The van der Waals surface area contributed by atoms with Crippen molar-refractivity contribution in [2.24, 2.45) is 11.8 Å². The van der Waals surface area contributed by atoms with Gasteiger partial charge in [-0.2, -0.15) is 0 Å². The van der Waals surface area contributed by atoms with Gasteiger partial charge < -0.3 is 25.2 Å². The molecule has 2 aliphatic heterocycles. The third-order valence-electron chi connectivity index (χ3n) is 9.73. The molecule has 1 aliphatic carbocycles. The Hall–Kier alpha value is -3.14. The molecule has 5 rings (SSSR count). The number of piperidine rings is 1. The molecule has 0 unspecified atom stereocenters. The number of amides is 2. The number of halogens is 1. The first-order valence-electron chi connectivity index (χ1n) is 15.8. The van der Waals surface area contributed by atoms with Crippen molar-refractivity contribution < 1.29 is 29.3 Å². The molecule has 0 radical (unpaired) electrons. The summed E-state index contributed by atoms with van der Waals surface area (Å²) in [5.41, 5.74) is 0.455. The predicted molar refractivity (Wildman–Crippen MR) is 170 cm³/mol. The largest absolute Gasteiger partial charge is 0.478 e. The van der Waals surface area contributed by atoms with Crippen LogP contribution in [-0.4, -0.2) is 75.1 Å². The molecule has 3 aliphatic rings. The Morgan fingerprint density at radius 1 is 1.00 bits per heavy atom. The Bertz CT molecular complexity index is 1270. The second-order valence-electron chi connectivity index (χ2n) is 12.7. The number of hydrogen-bond donors (Lipinski definition) is 3. The molecule has 2 atom stereocenters. The number of nitrogens with one attached hydrogen (secondary N) is 1. The molecule has 240 valence electrons. The number of carboxylic acids is 1. The molecular formula is C34H46ClN3O6. The second-order valence-corrected chi connectivity index (χ2v) is 12.7. The summed E-state index contributed by atoms with van der Waals surface area (Å²) in [4.78, 5) is 42.8. The van der Waals surface area contributed by atoms with Gasteiger partial charge >= 0.3 is 5.97 Å². The van der Waals surface area contributed by atoms with Gasteiger partial charge in [-0.25, -0.2) is 4.79 Å². The minimum Gasteiger partial charge on any atom is -0.478 e. The molecular weight excluding hydrogens is 582 g/mol. The normalized spacial score (nSPS) is 24.3. The van der Waals surface area contributed by atoms with Gasteiger partial charge in [0.05, 0.1) is 11.7 Å². The molecule has 2 amide bonds. The molecule has 3 N–H and O–H groups in total. The Morgan fingerprint density at radius 3 is 2.16 bits per heavy atom. The van der Waals surface area contributed by atoms with Gasteiger partial charge in [0.25, 0.3) is 0 Å². The standard InChI is InChI=1S/C34H45N3O6.ClH/c1-3-4-19-37-31(39)29(30(38)25-9-5-23(2)6-10-25)35-33(42)34(37)17-20-36(21-18-34)22-24-7-13-27(14-8-24)43-28-15-11-26(12-16-28)32(40)41;/h7-8,11-16,23,25,29-30,38H,3-6,9-10,17-22H2,1-2H3,(H,35,42)(H,40,41);1H/t23-,25+,29-,30-;/m1./s1. The van der Waals surface area contributed by atoms with E-state index in [0.29, 0.717) is 49.9 Å². The van der Waals surface area contributed by atoms with Crippen molar-refractivity contribution >= 4 is 30.2 Å². The fraction of sp³-hybridized carbons (Fsp3) is 0.559. The zero-order valence-corrected chi connectivity index (χ0v) is 26.6. The number of carbonyl (C=O) groups is 3. The number of likely N-dealkylation sites (tertiary alicyclic amines) is 1. The highest BCUT2D eigenvalue weighted by Gasteiger charge is 2.55. The van der Waals surface area contributed by atoms with Gasteiger partial charge in [-0.3, -0.25) is 14.5 Å². The van der Waals surface area contributed by atoms with E-state index in [1.165, 1.54) is 12.1 Å². The number of carbonyl (C=O) groups excluding carboxylic acids is 2. The van der Waals surface area contributed by atoms with Gasteiger partial charge in [0.1, 0.15) is 23.1 Å². The SMILES string of the molecule is CCCCN1C(=O)[C@@H]([C@H](O)[C@H]2CC[C@@H](C)CC2)NC(=O)C12CCN(Cc1ccc(Oc3ccc(C(=O)O)cc3)cc1)CC2.Cl. The number of carboxylic acid groups (broad SMARTS) is 1. The first-order chi connectivity index (χ1) is 20.7. The van der Waals surface area contributed by atoms with Gasteiger partial charge in [0, 0.05) is 26.2 Å². The molecule has 44 heavy (non-hydrogen) atoms. The predicted octanol–water partition coefficient (Wildman–Crippen LogP) is 5.25. The zero-order chi connectivity index (χ0) is 30.6. The number of benzene rings is 2. The van der Waals surface area contributed by atoms with Crippen molar-refractivity contribution in [1.82, 2.24) is 15.1 Å². The highest BCUT2D eigenvalue weighted by atomic mass is 35.5. The van der Waals surface area contributed by atoms with E-state index < -0.39 is 23.7 Å². The summed E-state index contributed by atoms with van der Waals surface area (Å²) in [5, 5.41) is 23.3. The topological polar surface area (TPSA) is 119 Å². The molecule has 2 heterocycles. The Kier molecular flexibility index (Phi) is 11.3. The maximum Gasteiger partial charge on any atom is 0.335 e. The van der Waals surface area contributed by atoms with E-state index >= 15 is 0 Å². The monoisotopic (exact) mass is 627 g/mol. The molecule has 9 nitrogen and oxygen atoms in total. The number of aliphatic hydroxyl groups is 1. The molecule has 0 bridgehead atoms. The highest BCUT2D eigenvalue weighted by molar-refractivity contribution is 6.00. The lowest BCUT2D eigenvalue weighted by molar-refractivity contribution is -0.166. The minimum atomic E-state index is -0.976. The lowest BCUT2D eigenvalue weighted by Crippen LogP contribution is -2.75. The van der Waals surface area contributed by atoms with Crippen LogP contribution in [-0.2, 0) is 16.1 Å². The second kappa shape index (κ2) is 14.8. The van der Waals surface area contributed by atoms with Crippen molar-refractivity contribution in [2.75, 3.05) is 19.6 Å². The summed E-state index contributed by atoms with van der Waals surface area (Å²) < 4.78 is 5.86. The van der Waals surface area contributed by atoms with Crippen molar-refractivity contribution in [1.29, 1.82) is 0 Å². The van der Waals surface area contributed by atoms with Crippen LogP contribution in [0, 0.1) is 11.8 Å². The van der Waals surface area contributed by atoms with E-state index in [0.717, 1.165) is 50.6 Å². The van der Waals surface area contributed by atoms with E-state index in [-0.39, 0.29) is 35.7 Å². The van der Waals surface area contributed by atoms with Crippen LogP contribution in [0.4, 0.5) is 0 Å². The van der Waals surface area contributed by atoms with Crippen LogP contribution >= 0.6 is 12.4 Å². The summed E-state index contributed by atoms with van der Waals surface area (Å²) in [6.07, 6.45) is 5.91. The highest BCUT2D eigenvalue weighted by Crippen LogP contribution is 2.37.